The van der Waals surface area contributed by atoms with Crippen LogP contribution < -0.4 is 9.80 Å². The predicted molar refractivity (Wildman–Crippen MR) is 259 cm³/mol. The van der Waals surface area contributed by atoms with E-state index in [1.165, 1.54) is 33.4 Å². The molecule has 9 aromatic carbocycles. The van der Waals surface area contributed by atoms with E-state index in [0.29, 0.717) is 16.7 Å². The number of nitriles is 1. The standard InChI is InChI=1S/C57H43N3O2/c1-33-19-34(2)22-45(21-33)59(50-13-9-7-11-37(50)5)43-17-15-39-27-47-52(29-41(39)25-43)61-54-31-55-57(49(32-58)56(47)54)48-28-40-16-18-44(26-42(40)30-53(48)62-55)60(51-14-10-8-12-38(51)6)46-23-35(3)20-36(4)24-46/h7-31H,1-6H3. The molecule has 0 saturated carbocycles. The highest BCUT2D eigenvalue weighted by molar-refractivity contribution is 6.22. The maximum atomic E-state index is 10.9. The molecule has 0 radical (unpaired) electrons. The Morgan fingerprint density at radius 1 is 0.387 bits per heavy atom. The van der Waals surface area contributed by atoms with E-state index in [1.54, 1.807) is 0 Å². The van der Waals surface area contributed by atoms with E-state index < -0.39 is 0 Å². The smallest absolute Gasteiger partial charge is 0.140 e. The number of fused-ring (bicyclic) bond motifs is 8. The first-order valence-corrected chi connectivity index (χ1v) is 21.1. The zero-order chi connectivity index (χ0) is 42.4. The molecular weight excluding hydrogens is 759 g/mol. The summed E-state index contributed by atoms with van der Waals surface area (Å²) in [4.78, 5) is 4.67. The Hall–Kier alpha value is -7.81. The molecule has 0 fully saturated rings. The molecular formula is C57H43N3O2. The number of hydrogen-bond donors (Lipinski definition) is 0. The van der Waals surface area contributed by atoms with Gasteiger partial charge in [-0.1, -0.05) is 60.7 Å². The Labute approximate surface area is 360 Å². The van der Waals surface area contributed by atoms with Crippen molar-refractivity contribution in [1.82, 2.24) is 0 Å². The molecule has 5 heteroatoms. The predicted octanol–water partition coefficient (Wildman–Crippen LogP) is 16.5. The minimum absolute atomic E-state index is 0.558. The fraction of sp³-hybridized carbons (Fsp3) is 0.105. The summed E-state index contributed by atoms with van der Waals surface area (Å²) >= 11 is 0. The van der Waals surface area contributed by atoms with Crippen LogP contribution in [0.2, 0.25) is 0 Å². The van der Waals surface area contributed by atoms with Gasteiger partial charge in [0.2, 0.25) is 0 Å². The van der Waals surface area contributed by atoms with Gasteiger partial charge in [0.1, 0.15) is 28.4 Å². The van der Waals surface area contributed by atoms with Gasteiger partial charge in [-0.15, -0.1) is 0 Å². The van der Waals surface area contributed by atoms with Crippen molar-refractivity contribution in [3.8, 4) is 6.07 Å². The molecule has 0 unspecified atom stereocenters. The fourth-order valence-corrected chi connectivity index (χ4v) is 9.69. The van der Waals surface area contributed by atoms with E-state index in [2.05, 4.69) is 203 Å². The monoisotopic (exact) mass is 801 g/mol. The average Bonchev–Trinajstić information content (AvgIpc) is 3.78. The summed E-state index contributed by atoms with van der Waals surface area (Å²) in [6.07, 6.45) is 0. The van der Waals surface area contributed by atoms with E-state index in [4.69, 9.17) is 8.83 Å². The minimum atomic E-state index is 0.558. The summed E-state index contributed by atoms with van der Waals surface area (Å²) in [6, 6.07) is 56.7. The summed E-state index contributed by atoms with van der Waals surface area (Å²) < 4.78 is 13.3. The highest BCUT2D eigenvalue weighted by atomic mass is 16.3. The van der Waals surface area contributed by atoms with Gasteiger partial charge in [0.25, 0.3) is 0 Å². The van der Waals surface area contributed by atoms with Crippen LogP contribution in [0.25, 0.3) is 65.4 Å². The van der Waals surface area contributed by atoms with Gasteiger partial charge in [-0.3, -0.25) is 0 Å². The topological polar surface area (TPSA) is 56.6 Å². The lowest BCUT2D eigenvalue weighted by molar-refractivity contribution is 0.656. The quantitative estimate of drug-likeness (QED) is 0.168. The summed E-state index contributed by atoms with van der Waals surface area (Å²) in [6.45, 7) is 12.9. The van der Waals surface area contributed by atoms with Crippen LogP contribution in [-0.4, -0.2) is 0 Å². The maximum absolute atomic E-state index is 10.9. The first-order chi connectivity index (χ1) is 30.1. The number of para-hydroxylation sites is 2. The number of nitrogens with zero attached hydrogens (tertiary/aromatic N) is 3. The number of anilines is 6. The largest absolute Gasteiger partial charge is 0.456 e. The van der Waals surface area contributed by atoms with Crippen molar-refractivity contribution in [3.05, 3.63) is 191 Å². The molecule has 298 valence electrons. The van der Waals surface area contributed by atoms with Gasteiger partial charge < -0.3 is 18.6 Å². The van der Waals surface area contributed by atoms with Gasteiger partial charge in [0.05, 0.1) is 5.56 Å². The van der Waals surface area contributed by atoms with Crippen molar-refractivity contribution in [2.24, 2.45) is 0 Å². The highest BCUT2D eigenvalue weighted by Gasteiger charge is 2.23. The van der Waals surface area contributed by atoms with Crippen LogP contribution in [0.4, 0.5) is 34.1 Å². The third kappa shape index (κ3) is 6.06. The Morgan fingerprint density at radius 2 is 0.806 bits per heavy atom. The molecule has 5 nitrogen and oxygen atoms in total. The summed E-state index contributed by atoms with van der Waals surface area (Å²) in [5.41, 5.74) is 17.1. The average molecular weight is 802 g/mol. The third-order valence-electron chi connectivity index (χ3n) is 12.3. The summed E-state index contributed by atoms with van der Waals surface area (Å²) in [7, 11) is 0. The molecule has 0 aliphatic rings. The van der Waals surface area contributed by atoms with E-state index in [1.807, 2.05) is 6.07 Å². The van der Waals surface area contributed by atoms with Gasteiger partial charge in [0, 0.05) is 61.7 Å². The summed E-state index contributed by atoms with van der Waals surface area (Å²) in [5, 5.41) is 18.6. The normalized spacial score (nSPS) is 11.7. The summed E-state index contributed by atoms with van der Waals surface area (Å²) in [5.74, 6) is 0. The zero-order valence-corrected chi connectivity index (χ0v) is 35.6. The molecule has 0 N–H and O–H groups in total. The van der Waals surface area contributed by atoms with E-state index in [-0.39, 0.29) is 0 Å². The van der Waals surface area contributed by atoms with Gasteiger partial charge >= 0.3 is 0 Å². The SMILES string of the molecule is Cc1cc(C)cc(N(c2ccc3cc4c(cc3c2)oc2cc3oc5cc6cc(N(c7cc(C)cc(C)c7)c7ccccc7C)ccc6cc5c3c(C#N)c24)c2ccccc2C)c1. The Bertz CT molecular complexity index is 3420. The number of rotatable bonds is 6. The van der Waals surface area contributed by atoms with Gasteiger partial charge in [-0.2, -0.15) is 5.26 Å². The molecule has 2 aromatic heterocycles. The lowest BCUT2D eigenvalue weighted by Crippen LogP contribution is -2.11. The second-order valence-corrected chi connectivity index (χ2v) is 17.0. The third-order valence-corrected chi connectivity index (χ3v) is 12.3. The second-order valence-electron chi connectivity index (χ2n) is 17.0. The molecule has 0 spiro atoms. The molecule has 0 saturated heterocycles. The van der Waals surface area contributed by atoms with Crippen molar-refractivity contribution >= 4 is 99.5 Å². The van der Waals surface area contributed by atoms with E-state index in [0.717, 1.165) is 88.4 Å². The fourth-order valence-electron chi connectivity index (χ4n) is 9.69. The van der Waals surface area contributed by atoms with Crippen LogP contribution in [-0.2, 0) is 0 Å². The lowest BCUT2D eigenvalue weighted by atomic mass is 9.98. The Kier molecular flexibility index (Phi) is 8.49. The first kappa shape index (κ1) is 37.2. The maximum Gasteiger partial charge on any atom is 0.140 e. The molecule has 0 aliphatic carbocycles. The molecule has 0 aliphatic heterocycles. The Balaban J connectivity index is 1.05. The van der Waals surface area contributed by atoms with E-state index in [9.17, 15) is 5.26 Å². The zero-order valence-electron chi connectivity index (χ0n) is 35.6. The molecule has 0 amide bonds. The first-order valence-electron chi connectivity index (χ1n) is 21.1. The van der Waals surface area contributed by atoms with Crippen LogP contribution in [0, 0.1) is 52.9 Å². The van der Waals surface area contributed by atoms with Crippen molar-refractivity contribution in [2.45, 2.75) is 41.5 Å². The number of hydrogen-bond acceptors (Lipinski definition) is 5. The van der Waals surface area contributed by atoms with Gasteiger partial charge in [0.15, 0.2) is 0 Å². The van der Waals surface area contributed by atoms with Crippen molar-refractivity contribution in [3.63, 3.8) is 0 Å². The molecule has 11 rings (SSSR count). The number of aryl methyl sites for hydroxylation is 6. The minimum Gasteiger partial charge on any atom is -0.456 e. The van der Waals surface area contributed by atoms with Gasteiger partial charge in [-0.25, -0.2) is 0 Å². The van der Waals surface area contributed by atoms with Crippen LogP contribution in [0.3, 0.4) is 0 Å². The van der Waals surface area contributed by atoms with Gasteiger partial charge in [-0.05, 0) is 181 Å². The van der Waals surface area contributed by atoms with Crippen LogP contribution in [0.5, 0.6) is 0 Å². The highest BCUT2D eigenvalue weighted by Crippen LogP contribution is 2.45. The Morgan fingerprint density at radius 3 is 1.21 bits per heavy atom. The number of benzene rings is 9. The van der Waals surface area contributed by atoms with Crippen LogP contribution in [0.15, 0.2) is 160 Å². The number of furan rings is 2. The molecule has 0 bridgehead atoms. The van der Waals surface area contributed by atoms with Crippen LogP contribution in [0.1, 0.15) is 38.9 Å². The molecule has 62 heavy (non-hydrogen) atoms. The van der Waals surface area contributed by atoms with Crippen molar-refractivity contribution in [2.75, 3.05) is 9.80 Å². The van der Waals surface area contributed by atoms with Crippen molar-refractivity contribution in [1.29, 1.82) is 5.26 Å². The van der Waals surface area contributed by atoms with Crippen LogP contribution >= 0.6 is 0 Å². The molecule has 11 aromatic rings. The molecule has 0 atom stereocenters. The van der Waals surface area contributed by atoms with Crippen molar-refractivity contribution < 1.29 is 8.83 Å². The van der Waals surface area contributed by atoms with E-state index >= 15 is 0 Å². The lowest BCUT2D eigenvalue weighted by Gasteiger charge is -2.28. The molecule has 2 heterocycles. The second kappa shape index (κ2) is 14.1.